The van der Waals surface area contributed by atoms with Crippen LogP contribution in [-0.2, 0) is 16.0 Å². The lowest BCUT2D eigenvalue weighted by molar-refractivity contribution is 0.0725. The zero-order valence-corrected chi connectivity index (χ0v) is 23.5. The summed E-state index contributed by atoms with van der Waals surface area (Å²) in [5.74, 6) is 1.33. The second-order valence-electron chi connectivity index (χ2n) is 10.1. The number of nitrogens with zero attached hydrogens (tertiary/aromatic N) is 4. The molecular weight excluding hydrogens is 478 g/mol. The second kappa shape index (κ2) is 14.6. The van der Waals surface area contributed by atoms with E-state index in [4.69, 9.17) is 14.9 Å². The topological polar surface area (TPSA) is 98.1 Å². The summed E-state index contributed by atoms with van der Waals surface area (Å²) in [7, 11) is 5.59. The number of morpholine rings is 1. The number of rotatable bonds is 7. The number of ether oxygens (including phenoxy) is 2. The molecule has 0 saturated carbocycles. The van der Waals surface area contributed by atoms with Crippen molar-refractivity contribution in [1.82, 2.24) is 15.2 Å². The Hall–Kier alpha value is -3.27. The number of nitrogens with one attached hydrogen (secondary N) is 3. The highest BCUT2D eigenvalue weighted by Gasteiger charge is 2.34. The Morgan fingerprint density at radius 1 is 1.24 bits per heavy atom. The maximum Gasteiger partial charge on any atom is 0.125 e. The molecule has 210 valence electrons. The van der Waals surface area contributed by atoms with Crippen LogP contribution >= 0.6 is 0 Å². The first kappa shape index (κ1) is 29.3. The standard InChI is InChI=1S/C22H33N5O2.C7H10N2.2H2/c1-17(24-14-18-13-22(2,16-28-4)15-26(3)21(18)23)25-19-5-7-20(8-6-19)27-9-11-29-12-10-27;1-8-6-7-4-2-3-5-9-7;;/h5-8,14,23H,9-13,15-16H2,1-4H3,(H,24,25);2-5,8H,6H2,1H3;2*1H/b18-14-,23-21?;;;/t22-;;;/m1.../s1. The minimum absolute atomic E-state index is 0. The number of likely N-dealkylation sites (tertiary alicyclic amines) is 1. The van der Waals surface area contributed by atoms with E-state index in [9.17, 15) is 0 Å². The van der Waals surface area contributed by atoms with Crippen LogP contribution in [-0.4, -0.2) is 82.2 Å². The van der Waals surface area contributed by atoms with E-state index in [1.54, 1.807) is 13.3 Å². The van der Waals surface area contributed by atoms with E-state index >= 15 is 0 Å². The largest absolute Gasteiger partial charge is 0.384 e. The predicted octanol–water partition coefficient (Wildman–Crippen LogP) is 4.50. The Kier molecular flexibility index (Phi) is 11.3. The molecule has 2 fully saturated rings. The number of likely N-dealkylation sites (N-methyl/N-ethyl adjacent to an activating group) is 1. The maximum atomic E-state index is 8.36. The molecule has 3 N–H and O–H groups in total. The van der Waals surface area contributed by atoms with Gasteiger partial charge >= 0.3 is 0 Å². The van der Waals surface area contributed by atoms with E-state index in [2.05, 4.69) is 56.7 Å². The normalized spacial score (nSPS) is 21.2. The van der Waals surface area contributed by atoms with Gasteiger partial charge in [-0.15, -0.1) is 0 Å². The summed E-state index contributed by atoms with van der Waals surface area (Å²) in [6.45, 7) is 9.90. The maximum absolute atomic E-state index is 8.36. The zero-order valence-electron chi connectivity index (χ0n) is 23.5. The molecule has 38 heavy (non-hydrogen) atoms. The number of amidine groups is 2. The summed E-state index contributed by atoms with van der Waals surface area (Å²) in [6, 6.07) is 14.3. The summed E-state index contributed by atoms with van der Waals surface area (Å²) >= 11 is 0. The lowest BCUT2D eigenvalue weighted by atomic mass is 9.80. The first-order chi connectivity index (χ1) is 18.3. The fraction of sp³-hybridized carbons (Fsp3) is 0.483. The smallest absolute Gasteiger partial charge is 0.125 e. The molecular formula is C29H47N7O2. The zero-order chi connectivity index (χ0) is 27.4. The molecule has 0 unspecified atom stereocenters. The number of piperidine rings is 1. The van der Waals surface area contributed by atoms with E-state index in [0.29, 0.717) is 12.4 Å². The molecule has 1 atom stereocenters. The van der Waals surface area contributed by atoms with Gasteiger partial charge in [0.1, 0.15) is 11.7 Å². The molecule has 0 bridgehead atoms. The number of methoxy groups -OCH3 is 1. The van der Waals surface area contributed by atoms with Gasteiger partial charge in [0.25, 0.3) is 0 Å². The minimum Gasteiger partial charge on any atom is -0.384 e. The molecule has 2 aromatic rings. The van der Waals surface area contributed by atoms with Gasteiger partial charge in [-0.1, -0.05) is 13.0 Å². The van der Waals surface area contributed by atoms with Crippen LogP contribution in [0.1, 0.15) is 28.8 Å². The van der Waals surface area contributed by atoms with Crippen molar-refractivity contribution >= 4 is 23.0 Å². The van der Waals surface area contributed by atoms with Crippen LogP contribution in [0.15, 0.2) is 65.4 Å². The van der Waals surface area contributed by atoms with Gasteiger partial charge in [0, 0.05) is 77.9 Å². The summed E-state index contributed by atoms with van der Waals surface area (Å²) < 4.78 is 10.8. The van der Waals surface area contributed by atoms with Crippen LogP contribution < -0.4 is 15.5 Å². The van der Waals surface area contributed by atoms with Crippen LogP contribution in [0.5, 0.6) is 0 Å². The number of pyridine rings is 1. The van der Waals surface area contributed by atoms with Gasteiger partial charge in [-0.05, 0) is 56.8 Å². The van der Waals surface area contributed by atoms with Crippen LogP contribution in [0.25, 0.3) is 0 Å². The van der Waals surface area contributed by atoms with Crippen LogP contribution in [0.2, 0.25) is 0 Å². The summed E-state index contributed by atoms with van der Waals surface area (Å²) in [5, 5.41) is 14.7. The molecule has 9 nitrogen and oxygen atoms in total. The van der Waals surface area contributed by atoms with Crippen molar-refractivity contribution in [2.75, 3.05) is 70.9 Å². The third-order valence-electron chi connectivity index (χ3n) is 6.48. The minimum atomic E-state index is -0.00788. The molecule has 0 aliphatic carbocycles. The number of hydrogen-bond donors (Lipinski definition) is 3. The van der Waals surface area contributed by atoms with E-state index in [1.165, 1.54) is 5.69 Å². The van der Waals surface area contributed by atoms with Gasteiger partial charge in [0.2, 0.25) is 0 Å². The molecule has 2 saturated heterocycles. The summed E-state index contributed by atoms with van der Waals surface area (Å²) in [6.07, 6.45) is 4.40. The van der Waals surface area contributed by atoms with Gasteiger partial charge < -0.3 is 29.9 Å². The van der Waals surface area contributed by atoms with Crippen molar-refractivity contribution in [2.45, 2.75) is 26.8 Å². The first-order valence-electron chi connectivity index (χ1n) is 13.1. The Morgan fingerprint density at radius 2 is 1.97 bits per heavy atom. The molecule has 4 rings (SSSR count). The number of hydrogen-bond acceptors (Lipinski definition) is 7. The van der Waals surface area contributed by atoms with Crippen molar-refractivity contribution in [3.63, 3.8) is 0 Å². The van der Waals surface area contributed by atoms with Crippen molar-refractivity contribution in [2.24, 2.45) is 10.4 Å². The van der Waals surface area contributed by atoms with Crippen molar-refractivity contribution < 1.29 is 12.3 Å². The van der Waals surface area contributed by atoms with E-state index in [0.717, 1.165) is 68.6 Å². The van der Waals surface area contributed by atoms with Crippen LogP contribution in [0.4, 0.5) is 11.4 Å². The molecule has 1 aromatic carbocycles. The van der Waals surface area contributed by atoms with Crippen molar-refractivity contribution in [3.8, 4) is 0 Å². The molecule has 3 heterocycles. The molecule has 0 amide bonds. The number of benzene rings is 1. The van der Waals surface area contributed by atoms with Gasteiger partial charge in [0.15, 0.2) is 0 Å². The second-order valence-corrected chi connectivity index (χ2v) is 10.1. The van der Waals surface area contributed by atoms with E-state index < -0.39 is 0 Å². The van der Waals surface area contributed by atoms with Crippen molar-refractivity contribution in [3.05, 3.63) is 66.1 Å². The van der Waals surface area contributed by atoms with Gasteiger partial charge in [-0.25, -0.2) is 4.99 Å². The quantitative estimate of drug-likeness (QED) is 0.362. The molecule has 0 spiro atoms. The molecule has 0 radical (unpaired) electrons. The Labute approximate surface area is 230 Å². The van der Waals surface area contributed by atoms with Crippen LogP contribution in [0, 0.1) is 10.8 Å². The average molecular weight is 526 g/mol. The molecule has 9 heteroatoms. The fourth-order valence-electron chi connectivity index (χ4n) is 4.72. The summed E-state index contributed by atoms with van der Waals surface area (Å²) in [5.41, 5.74) is 4.22. The van der Waals surface area contributed by atoms with E-state index in [1.807, 2.05) is 50.3 Å². The number of aliphatic imine (C=N–C) groups is 1. The first-order valence-corrected chi connectivity index (χ1v) is 13.1. The highest BCUT2D eigenvalue weighted by Crippen LogP contribution is 2.33. The van der Waals surface area contributed by atoms with Crippen molar-refractivity contribution in [1.29, 1.82) is 5.41 Å². The van der Waals surface area contributed by atoms with Crippen LogP contribution in [0.3, 0.4) is 0 Å². The monoisotopic (exact) mass is 525 g/mol. The molecule has 1 aromatic heterocycles. The lowest BCUT2D eigenvalue weighted by Gasteiger charge is -2.40. The third-order valence-corrected chi connectivity index (χ3v) is 6.48. The Balaban J connectivity index is 0.000000622. The highest BCUT2D eigenvalue weighted by molar-refractivity contribution is 5.98. The summed E-state index contributed by atoms with van der Waals surface area (Å²) in [4.78, 5) is 13.0. The molecule has 2 aliphatic heterocycles. The average Bonchev–Trinajstić information content (AvgIpc) is 2.92. The fourth-order valence-corrected chi connectivity index (χ4v) is 4.72. The number of anilines is 2. The van der Waals surface area contributed by atoms with Gasteiger partial charge in [0.05, 0.1) is 25.5 Å². The van der Waals surface area contributed by atoms with Gasteiger partial charge in [-0.2, -0.15) is 0 Å². The van der Waals surface area contributed by atoms with Gasteiger partial charge in [-0.3, -0.25) is 10.4 Å². The molecule has 2 aliphatic rings. The predicted molar refractivity (Wildman–Crippen MR) is 160 cm³/mol. The Morgan fingerprint density at radius 3 is 2.61 bits per heavy atom. The van der Waals surface area contributed by atoms with E-state index in [-0.39, 0.29) is 8.27 Å². The highest BCUT2D eigenvalue weighted by atomic mass is 16.5. The third kappa shape index (κ3) is 8.93. The number of aromatic nitrogens is 1. The lowest BCUT2D eigenvalue weighted by Crippen LogP contribution is -2.46. The Bertz CT molecular complexity index is 1080. The SMILES string of the molecule is CNCc1ccccn1.COC[C@]1(C)C/C(=C/N=C(C)Nc2ccc(N3CCOCC3)cc2)C(=N)N(C)C1.[HH].[HH].